The molecule has 2 aromatic rings. The Bertz CT molecular complexity index is 665. The maximum absolute atomic E-state index is 11.5. The Hall–Kier alpha value is -2.36. The highest BCUT2D eigenvalue weighted by molar-refractivity contribution is 6.04. The minimum Gasteiger partial charge on any atom is -0.478 e. The summed E-state index contributed by atoms with van der Waals surface area (Å²) < 4.78 is 0. The van der Waals surface area contributed by atoms with Crippen LogP contribution < -0.4 is 4.90 Å². The summed E-state index contributed by atoms with van der Waals surface area (Å²) in [5, 5.41) is 10.3. The molecule has 104 valence electrons. The van der Waals surface area contributed by atoms with Crippen molar-refractivity contribution in [3.05, 3.63) is 48.2 Å². The number of pyridine rings is 1. The minimum absolute atomic E-state index is 0.229. The third-order valence-corrected chi connectivity index (χ3v) is 3.14. The summed E-state index contributed by atoms with van der Waals surface area (Å²) >= 11 is 0. The van der Waals surface area contributed by atoms with Gasteiger partial charge in [-0.15, -0.1) is 0 Å². The zero-order valence-corrected chi connectivity index (χ0v) is 11.8. The quantitative estimate of drug-likeness (QED) is 0.847. The smallest absolute Gasteiger partial charge is 0.339 e. The van der Waals surface area contributed by atoms with Crippen LogP contribution in [-0.4, -0.2) is 29.1 Å². The number of benzene rings is 1. The van der Waals surface area contributed by atoms with E-state index in [1.54, 1.807) is 0 Å². The van der Waals surface area contributed by atoms with Gasteiger partial charge in [-0.3, -0.25) is 4.98 Å². The molecule has 0 saturated carbocycles. The summed E-state index contributed by atoms with van der Waals surface area (Å²) in [5.41, 5.74) is 2.73. The highest BCUT2D eigenvalue weighted by Crippen LogP contribution is 2.30. The van der Waals surface area contributed by atoms with Crippen molar-refractivity contribution in [2.24, 2.45) is 0 Å². The summed E-state index contributed by atoms with van der Waals surface area (Å²) in [7, 11) is 0. The molecule has 0 aliphatic heterocycles. The number of fused-ring (bicyclic) bond motifs is 1. The predicted octanol–water partition coefficient (Wildman–Crippen LogP) is 3.34. The minimum atomic E-state index is -0.960. The third kappa shape index (κ3) is 2.64. The average Bonchev–Trinajstić information content (AvgIpc) is 2.43. The lowest BCUT2D eigenvalue weighted by molar-refractivity contribution is 0.0697. The van der Waals surface area contributed by atoms with Crippen molar-refractivity contribution in [1.82, 2.24) is 4.98 Å². The number of hydrogen-bond acceptors (Lipinski definition) is 3. The van der Waals surface area contributed by atoms with Crippen molar-refractivity contribution in [3.63, 3.8) is 0 Å². The van der Waals surface area contributed by atoms with Gasteiger partial charge in [0, 0.05) is 24.7 Å². The lowest BCUT2D eigenvalue weighted by atomic mass is 10.1. The fourth-order valence-corrected chi connectivity index (χ4v) is 2.30. The first-order chi connectivity index (χ1) is 9.54. The molecule has 0 radical (unpaired) electrons. The predicted molar refractivity (Wildman–Crippen MR) is 81.4 cm³/mol. The molecule has 0 fully saturated rings. The van der Waals surface area contributed by atoms with Crippen LogP contribution in [0.2, 0.25) is 0 Å². The van der Waals surface area contributed by atoms with Gasteiger partial charge in [0.15, 0.2) is 0 Å². The van der Waals surface area contributed by atoms with Gasteiger partial charge in [0.05, 0.1) is 11.2 Å². The number of para-hydroxylation sites is 1. The summed E-state index contributed by atoms with van der Waals surface area (Å²) in [6.07, 6.45) is 1.43. The fraction of sp³-hybridized carbons (Fsp3) is 0.250. The summed E-state index contributed by atoms with van der Waals surface area (Å²) in [6.45, 7) is 9.20. The molecule has 20 heavy (non-hydrogen) atoms. The first kappa shape index (κ1) is 14.1. The molecular formula is C16H18N2O2. The van der Waals surface area contributed by atoms with Gasteiger partial charge in [-0.05, 0) is 19.9 Å². The van der Waals surface area contributed by atoms with Crippen molar-refractivity contribution in [1.29, 1.82) is 0 Å². The van der Waals surface area contributed by atoms with Crippen LogP contribution in [0.5, 0.6) is 0 Å². The number of carboxylic acids is 1. The Morgan fingerprint density at radius 3 is 2.70 bits per heavy atom. The third-order valence-electron chi connectivity index (χ3n) is 3.14. The lowest BCUT2D eigenvalue weighted by Gasteiger charge is -2.26. The average molecular weight is 270 g/mol. The molecule has 4 nitrogen and oxygen atoms in total. The number of carbonyl (C=O) groups is 1. The van der Waals surface area contributed by atoms with Gasteiger partial charge < -0.3 is 10.0 Å². The second-order valence-corrected chi connectivity index (χ2v) is 4.81. The van der Waals surface area contributed by atoms with Crippen LogP contribution in [0.1, 0.15) is 24.2 Å². The zero-order valence-electron chi connectivity index (χ0n) is 11.8. The van der Waals surface area contributed by atoms with Gasteiger partial charge in [0.25, 0.3) is 0 Å². The molecule has 0 spiro atoms. The number of rotatable bonds is 5. The van der Waals surface area contributed by atoms with E-state index in [0.29, 0.717) is 18.8 Å². The van der Waals surface area contributed by atoms with Crippen LogP contribution in [0.4, 0.5) is 5.69 Å². The zero-order chi connectivity index (χ0) is 14.7. The van der Waals surface area contributed by atoms with Crippen molar-refractivity contribution < 1.29 is 9.90 Å². The Morgan fingerprint density at radius 2 is 2.10 bits per heavy atom. The van der Waals surface area contributed by atoms with E-state index in [-0.39, 0.29) is 5.56 Å². The van der Waals surface area contributed by atoms with Crippen molar-refractivity contribution in [2.45, 2.75) is 13.8 Å². The maximum Gasteiger partial charge on any atom is 0.339 e. The number of carboxylic acid groups (broad SMARTS) is 1. The van der Waals surface area contributed by atoms with Crippen LogP contribution >= 0.6 is 0 Å². The number of likely N-dealkylation sites (N-methyl/N-ethyl adjacent to an activating group) is 1. The summed E-state index contributed by atoms with van der Waals surface area (Å²) in [6, 6.07) is 7.59. The Labute approximate surface area is 118 Å². The van der Waals surface area contributed by atoms with Crippen molar-refractivity contribution in [3.8, 4) is 0 Å². The molecule has 4 heteroatoms. The number of nitrogens with zero attached hydrogens (tertiary/aromatic N) is 2. The van der Waals surface area contributed by atoms with Gasteiger partial charge in [-0.25, -0.2) is 4.79 Å². The molecule has 1 aromatic carbocycles. The number of aromatic carboxylic acids is 1. The van der Waals surface area contributed by atoms with E-state index >= 15 is 0 Å². The molecule has 0 unspecified atom stereocenters. The van der Waals surface area contributed by atoms with Crippen LogP contribution in [-0.2, 0) is 0 Å². The fourth-order valence-electron chi connectivity index (χ4n) is 2.30. The van der Waals surface area contributed by atoms with E-state index < -0.39 is 5.97 Å². The molecule has 0 saturated heterocycles. The molecule has 0 aliphatic carbocycles. The highest BCUT2D eigenvalue weighted by Gasteiger charge is 2.19. The normalized spacial score (nSPS) is 10.5. The van der Waals surface area contributed by atoms with Gasteiger partial charge in [0.1, 0.15) is 5.56 Å². The highest BCUT2D eigenvalue weighted by atomic mass is 16.4. The molecule has 1 aromatic heterocycles. The van der Waals surface area contributed by atoms with Gasteiger partial charge in [-0.2, -0.15) is 0 Å². The van der Waals surface area contributed by atoms with E-state index in [9.17, 15) is 9.90 Å². The molecule has 0 amide bonds. The monoisotopic (exact) mass is 270 g/mol. The first-order valence-electron chi connectivity index (χ1n) is 6.55. The van der Waals surface area contributed by atoms with Crippen LogP contribution in [0.15, 0.2) is 42.6 Å². The molecule has 1 N–H and O–H groups in total. The van der Waals surface area contributed by atoms with E-state index in [0.717, 1.165) is 16.5 Å². The SMILES string of the molecule is C=C(C)CN(CC)c1c(C(=O)O)cnc2ccccc12. The van der Waals surface area contributed by atoms with E-state index in [4.69, 9.17) is 0 Å². The van der Waals surface area contributed by atoms with E-state index in [2.05, 4.69) is 11.6 Å². The van der Waals surface area contributed by atoms with Crippen molar-refractivity contribution in [2.75, 3.05) is 18.0 Å². The Morgan fingerprint density at radius 1 is 1.40 bits per heavy atom. The number of hydrogen-bond donors (Lipinski definition) is 1. The standard InChI is InChI=1S/C16H18N2O2/c1-4-18(10-11(2)3)15-12-7-5-6-8-14(12)17-9-13(15)16(19)20/h5-9H,2,4,10H2,1,3H3,(H,19,20). The van der Waals surface area contributed by atoms with Gasteiger partial charge in [0.2, 0.25) is 0 Å². The van der Waals surface area contributed by atoms with Crippen LogP contribution in [0.25, 0.3) is 10.9 Å². The summed E-state index contributed by atoms with van der Waals surface area (Å²) in [5.74, 6) is -0.960. The molecular weight excluding hydrogens is 252 g/mol. The molecule has 2 rings (SSSR count). The van der Waals surface area contributed by atoms with Crippen molar-refractivity contribution >= 4 is 22.6 Å². The van der Waals surface area contributed by atoms with Crippen LogP contribution in [0, 0.1) is 0 Å². The van der Waals surface area contributed by atoms with Crippen LogP contribution in [0.3, 0.4) is 0 Å². The Balaban J connectivity index is 2.71. The van der Waals surface area contributed by atoms with E-state index in [1.807, 2.05) is 43.0 Å². The maximum atomic E-state index is 11.5. The second kappa shape index (κ2) is 5.74. The molecule has 0 aliphatic rings. The summed E-state index contributed by atoms with van der Waals surface area (Å²) in [4.78, 5) is 17.7. The largest absolute Gasteiger partial charge is 0.478 e. The topological polar surface area (TPSA) is 53.4 Å². The molecule has 1 heterocycles. The molecule has 0 bridgehead atoms. The van der Waals surface area contributed by atoms with E-state index in [1.165, 1.54) is 6.20 Å². The first-order valence-corrected chi connectivity index (χ1v) is 6.55. The lowest BCUT2D eigenvalue weighted by Crippen LogP contribution is -2.26. The number of aromatic nitrogens is 1. The van der Waals surface area contributed by atoms with Gasteiger partial charge in [-0.1, -0.05) is 30.4 Å². The number of anilines is 1. The molecule has 0 atom stereocenters. The second-order valence-electron chi connectivity index (χ2n) is 4.81. The Kier molecular flexibility index (Phi) is 4.03. The van der Waals surface area contributed by atoms with Gasteiger partial charge >= 0.3 is 5.97 Å².